The number of halogens is 1. The first kappa shape index (κ1) is 12.8. The van der Waals surface area contributed by atoms with E-state index in [-0.39, 0.29) is 0 Å². The van der Waals surface area contributed by atoms with Crippen LogP contribution in [0.1, 0.15) is 13.3 Å². The zero-order valence-electron chi connectivity index (χ0n) is 10.1. The van der Waals surface area contributed by atoms with Gasteiger partial charge in [0, 0.05) is 23.3 Å². The molecule has 0 fully saturated rings. The minimum absolute atomic E-state index is 0.552. The van der Waals surface area contributed by atoms with E-state index in [0.29, 0.717) is 11.6 Å². The molecule has 0 saturated carbocycles. The van der Waals surface area contributed by atoms with Gasteiger partial charge in [0.1, 0.15) is 11.6 Å². The van der Waals surface area contributed by atoms with Crippen molar-refractivity contribution >= 4 is 21.7 Å². The van der Waals surface area contributed by atoms with Crippen LogP contribution in [0.2, 0.25) is 0 Å². The van der Waals surface area contributed by atoms with Crippen molar-refractivity contribution in [2.45, 2.75) is 13.3 Å². The Morgan fingerprint density at radius 3 is 3.00 bits per heavy atom. The molecule has 1 N–H and O–H groups in total. The van der Waals surface area contributed by atoms with E-state index in [4.69, 9.17) is 4.74 Å². The van der Waals surface area contributed by atoms with Crippen molar-refractivity contribution in [2.24, 2.45) is 0 Å². The predicted octanol–water partition coefficient (Wildman–Crippen LogP) is 3.85. The van der Waals surface area contributed by atoms with Crippen molar-refractivity contribution in [1.29, 1.82) is 0 Å². The maximum atomic E-state index is 5.64. The molecule has 2 heterocycles. The second-order valence-corrected chi connectivity index (χ2v) is 4.64. The average Bonchev–Trinajstić information content (AvgIpc) is 2.37. The normalized spacial score (nSPS) is 10.1. The molecule has 0 saturated heterocycles. The van der Waals surface area contributed by atoms with Gasteiger partial charge in [-0.1, -0.05) is 13.0 Å². The Labute approximate surface area is 115 Å². The van der Waals surface area contributed by atoms with Gasteiger partial charge in [-0.15, -0.1) is 0 Å². The summed E-state index contributed by atoms with van der Waals surface area (Å²) in [6.45, 7) is 3.01. The summed E-state index contributed by atoms with van der Waals surface area (Å²) in [6.07, 6.45) is 4.42. The Balaban J connectivity index is 2.09. The molecule has 18 heavy (non-hydrogen) atoms. The fraction of sp³-hybridized carbons (Fsp3) is 0.231. The Kier molecular flexibility index (Phi) is 4.52. The van der Waals surface area contributed by atoms with E-state index in [1.54, 1.807) is 12.4 Å². The van der Waals surface area contributed by atoms with E-state index < -0.39 is 0 Å². The fourth-order valence-electron chi connectivity index (χ4n) is 1.39. The van der Waals surface area contributed by atoms with E-state index in [1.165, 1.54) is 0 Å². The molecule has 0 radical (unpaired) electrons. The second kappa shape index (κ2) is 6.35. The Morgan fingerprint density at radius 1 is 1.33 bits per heavy atom. The highest BCUT2D eigenvalue weighted by Gasteiger charge is 2.01. The van der Waals surface area contributed by atoms with Crippen LogP contribution in [-0.2, 0) is 0 Å². The van der Waals surface area contributed by atoms with Gasteiger partial charge in [-0.2, -0.15) is 4.98 Å². The highest BCUT2D eigenvalue weighted by atomic mass is 79.9. The van der Waals surface area contributed by atoms with Gasteiger partial charge in [0.2, 0.25) is 5.88 Å². The Bertz CT molecular complexity index is 519. The number of hydrogen-bond acceptors (Lipinski definition) is 4. The van der Waals surface area contributed by atoms with Crippen molar-refractivity contribution in [2.75, 3.05) is 11.9 Å². The van der Waals surface area contributed by atoms with Gasteiger partial charge in [-0.3, -0.25) is 4.98 Å². The number of ether oxygens (including phenoxy) is 1. The van der Waals surface area contributed by atoms with Crippen molar-refractivity contribution in [3.63, 3.8) is 0 Å². The summed E-state index contributed by atoms with van der Waals surface area (Å²) in [4.78, 5) is 8.40. The van der Waals surface area contributed by atoms with E-state index in [9.17, 15) is 0 Å². The monoisotopic (exact) mass is 307 g/mol. The standard InChI is InChI=1S/C13H14BrN3O/c1-2-6-16-12-4-3-5-13(17-12)18-11-7-10(14)8-15-9-11/h3-5,7-9H,2,6H2,1H3,(H,16,17). The zero-order chi connectivity index (χ0) is 12.8. The van der Waals surface area contributed by atoms with Crippen molar-refractivity contribution in [3.8, 4) is 11.6 Å². The molecule has 0 aliphatic carbocycles. The van der Waals surface area contributed by atoms with Gasteiger partial charge in [0.25, 0.3) is 0 Å². The lowest BCUT2D eigenvalue weighted by Crippen LogP contribution is -2.02. The maximum Gasteiger partial charge on any atom is 0.221 e. The van der Waals surface area contributed by atoms with E-state index >= 15 is 0 Å². The average molecular weight is 308 g/mol. The minimum Gasteiger partial charge on any atom is -0.437 e. The van der Waals surface area contributed by atoms with Crippen LogP contribution in [0.3, 0.4) is 0 Å². The van der Waals surface area contributed by atoms with Crippen LogP contribution in [-0.4, -0.2) is 16.5 Å². The molecule has 2 rings (SSSR count). The first-order valence-electron chi connectivity index (χ1n) is 5.77. The molecule has 2 aromatic rings. The lowest BCUT2D eigenvalue weighted by molar-refractivity contribution is 0.461. The molecule has 5 heteroatoms. The number of pyridine rings is 2. The summed E-state index contributed by atoms with van der Waals surface area (Å²) in [6, 6.07) is 7.49. The van der Waals surface area contributed by atoms with Gasteiger partial charge < -0.3 is 10.1 Å². The number of nitrogens with zero attached hydrogens (tertiary/aromatic N) is 2. The highest BCUT2D eigenvalue weighted by molar-refractivity contribution is 9.10. The third-order valence-electron chi connectivity index (χ3n) is 2.18. The van der Waals surface area contributed by atoms with Crippen LogP contribution in [0.25, 0.3) is 0 Å². The van der Waals surface area contributed by atoms with E-state index in [1.807, 2.05) is 24.3 Å². The predicted molar refractivity (Wildman–Crippen MR) is 75.0 cm³/mol. The molecule has 0 amide bonds. The molecular formula is C13H14BrN3O. The zero-order valence-corrected chi connectivity index (χ0v) is 11.6. The van der Waals surface area contributed by atoms with E-state index in [0.717, 1.165) is 23.3 Å². The molecule has 0 aromatic carbocycles. The molecule has 4 nitrogen and oxygen atoms in total. The van der Waals surface area contributed by atoms with Gasteiger partial charge in [0.15, 0.2) is 0 Å². The van der Waals surface area contributed by atoms with Gasteiger partial charge >= 0.3 is 0 Å². The molecule has 0 atom stereocenters. The first-order valence-corrected chi connectivity index (χ1v) is 6.56. The van der Waals surface area contributed by atoms with Crippen LogP contribution in [0.15, 0.2) is 41.1 Å². The number of nitrogens with one attached hydrogen (secondary N) is 1. The molecule has 0 spiro atoms. The number of rotatable bonds is 5. The van der Waals surface area contributed by atoms with Crippen LogP contribution in [0, 0.1) is 0 Å². The highest BCUT2D eigenvalue weighted by Crippen LogP contribution is 2.22. The Morgan fingerprint density at radius 2 is 2.22 bits per heavy atom. The van der Waals surface area contributed by atoms with Crippen molar-refractivity contribution in [1.82, 2.24) is 9.97 Å². The smallest absolute Gasteiger partial charge is 0.221 e. The lowest BCUT2D eigenvalue weighted by Gasteiger charge is -2.07. The molecule has 0 unspecified atom stereocenters. The first-order chi connectivity index (χ1) is 8.78. The van der Waals surface area contributed by atoms with Gasteiger partial charge in [0.05, 0.1) is 6.20 Å². The summed E-state index contributed by atoms with van der Waals surface area (Å²) in [5.74, 6) is 2.03. The summed E-state index contributed by atoms with van der Waals surface area (Å²) in [5.41, 5.74) is 0. The van der Waals surface area contributed by atoms with Crippen molar-refractivity contribution < 1.29 is 4.74 Å². The second-order valence-electron chi connectivity index (χ2n) is 3.73. The van der Waals surface area contributed by atoms with Crippen LogP contribution < -0.4 is 10.1 Å². The summed E-state index contributed by atoms with van der Waals surface area (Å²) in [5, 5.41) is 3.22. The SMILES string of the molecule is CCCNc1cccc(Oc2cncc(Br)c2)n1. The van der Waals surface area contributed by atoms with Crippen LogP contribution >= 0.6 is 15.9 Å². The quantitative estimate of drug-likeness (QED) is 0.911. The molecular weight excluding hydrogens is 294 g/mol. The molecule has 0 aliphatic heterocycles. The van der Waals surface area contributed by atoms with Crippen molar-refractivity contribution in [3.05, 3.63) is 41.1 Å². The van der Waals surface area contributed by atoms with Crippen LogP contribution in [0.4, 0.5) is 5.82 Å². The van der Waals surface area contributed by atoms with Crippen LogP contribution in [0.5, 0.6) is 11.6 Å². The Hall–Kier alpha value is -1.62. The van der Waals surface area contributed by atoms with Gasteiger partial charge in [-0.05, 0) is 34.5 Å². The van der Waals surface area contributed by atoms with E-state index in [2.05, 4.69) is 38.1 Å². The summed E-state index contributed by atoms with van der Waals surface area (Å²) >= 11 is 3.35. The fourth-order valence-corrected chi connectivity index (χ4v) is 1.74. The number of anilines is 1. The molecule has 0 aliphatic rings. The maximum absolute atomic E-state index is 5.64. The summed E-state index contributed by atoms with van der Waals surface area (Å²) < 4.78 is 6.51. The third-order valence-corrected chi connectivity index (χ3v) is 2.62. The summed E-state index contributed by atoms with van der Waals surface area (Å²) in [7, 11) is 0. The number of hydrogen-bond donors (Lipinski definition) is 1. The topological polar surface area (TPSA) is 47.0 Å². The largest absolute Gasteiger partial charge is 0.437 e. The molecule has 0 bridgehead atoms. The van der Waals surface area contributed by atoms with Gasteiger partial charge in [-0.25, -0.2) is 0 Å². The molecule has 2 aromatic heterocycles. The lowest BCUT2D eigenvalue weighted by atomic mass is 10.4. The minimum atomic E-state index is 0.552. The number of aromatic nitrogens is 2. The third kappa shape index (κ3) is 3.70. The molecule has 94 valence electrons.